The molecule has 1 unspecified atom stereocenters. The van der Waals surface area contributed by atoms with Crippen LogP contribution < -0.4 is 0 Å². The van der Waals surface area contributed by atoms with Gasteiger partial charge in [0, 0.05) is 36.2 Å². The van der Waals surface area contributed by atoms with E-state index in [4.69, 9.17) is 5.11 Å². The minimum Gasteiger partial charge on any atom is -0.396 e. The van der Waals surface area contributed by atoms with Crippen molar-refractivity contribution in [2.75, 3.05) is 6.61 Å². The maximum atomic E-state index is 8.56. The van der Waals surface area contributed by atoms with E-state index < -0.39 is 0 Å². The predicted molar refractivity (Wildman–Crippen MR) is 41.5 cm³/mol. The molecule has 0 fully saturated rings. The van der Waals surface area contributed by atoms with Gasteiger partial charge in [-0.3, -0.25) is 0 Å². The van der Waals surface area contributed by atoms with Crippen LogP contribution in [0.15, 0.2) is 0 Å². The van der Waals surface area contributed by atoms with Gasteiger partial charge in [-0.25, -0.2) is 0 Å². The Morgan fingerprint density at radius 1 is 1.44 bits per heavy atom. The minimum absolute atomic E-state index is 0. The molecule has 0 aromatic carbocycles. The van der Waals surface area contributed by atoms with Crippen molar-refractivity contribution in [3.8, 4) is 0 Å². The molecule has 2 heteroatoms. The van der Waals surface area contributed by atoms with Gasteiger partial charge in [0.25, 0.3) is 0 Å². The SMILES string of the molecule is CCCCC(C)CO.[Na]. The van der Waals surface area contributed by atoms with E-state index in [0.29, 0.717) is 12.5 Å². The van der Waals surface area contributed by atoms with Gasteiger partial charge in [-0.05, 0) is 12.3 Å². The zero-order chi connectivity index (χ0) is 6.41. The van der Waals surface area contributed by atoms with Gasteiger partial charge in [0.05, 0.1) is 0 Å². The van der Waals surface area contributed by atoms with Crippen molar-refractivity contribution in [2.24, 2.45) is 5.92 Å². The van der Waals surface area contributed by atoms with Crippen molar-refractivity contribution >= 4 is 29.6 Å². The largest absolute Gasteiger partial charge is 0.396 e. The Hall–Kier alpha value is 0.960. The molecule has 0 aliphatic rings. The molecule has 0 aromatic rings. The first-order valence-electron chi connectivity index (χ1n) is 3.42. The molecule has 0 saturated carbocycles. The number of aliphatic hydroxyl groups is 1. The Morgan fingerprint density at radius 2 is 2.00 bits per heavy atom. The average molecular weight is 139 g/mol. The Morgan fingerprint density at radius 3 is 2.33 bits per heavy atom. The Kier molecular flexibility index (Phi) is 12.6. The first-order valence-corrected chi connectivity index (χ1v) is 3.42. The third-order valence-electron chi connectivity index (χ3n) is 1.36. The Balaban J connectivity index is 0. The number of unbranched alkanes of at least 4 members (excludes halogenated alkanes) is 1. The van der Waals surface area contributed by atoms with Gasteiger partial charge in [-0.1, -0.05) is 26.7 Å². The quantitative estimate of drug-likeness (QED) is 0.584. The van der Waals surface area contributed by atoms with Crippen LogP contribution in [-0.4, -0.2) is 41.3 Å². The summed E-state index contributed by atoms with van der Waals surface area (Å²) in [4.78, 5) is 0. The smallest absolute Gasteiger partial charge is 0.0456 e. The summed E-state index contributed by atoms with van der Waals surface area (Å²) in [6.07, 6.45) is 3.67. The van der Waals surface area contributed by atoms with Gasteiger partial charge in [0.15, 0.2) is 0 Å². The van der Waals surface area contributed by atoms with Crippen LogP contribution in [0.1, 0.15) is 33.1 Å². The fourth-order valence-electron chi connectivity index (χ4n) is 0.644. The van der Waals surface area contributed by atoms with Crippen molar-refractivity contribution in [1.82, 2.24) is 0 Å². The predicted octanol–water partition coefficient (Wildman–Crippen LogP) is 1.42. The molecule has 0 rings (SSSR count). The van der Waals surface area contributed by atoms with Crippen molar-refractivity contribution in [1.29, 1.82) is 0 Å². The summed E-state index contributed by atoms with van der Waals surface area (Å²) >= 11 is 0. The first-order chi connectivity index (χ1) is 3.81. The number of rotatable bonds is 4. The van der Waals surface area contributed by atoms with Crippen LogP contribution in [0.25, 0.3) is 0 Å². The second-order valence-corrected chi connectivity index (χ2v) is 2.43. The van der Waals surface area contributed by atoms with Gasteiger partial charge in [0.2, 0.25) is 0 Å². The molecule has 51 valence electrons. The number of aliphatic hydroxyl groups excluding tert-OH is 1. The van der Waals surface area contributed by atoms with Crippen molar-refractivity contribution in [2.45, 2.75) is 33.1 Å². The molecule has 0 aromatic heterocycles. The van der Waals surface area contributed by atoms with E-state index in [-0.39, 0.29) is 29.6 Å². The molecule has 0 aliphatic carbocycles. The second kappa shape index (κ2) is 8.96. The van der Waals surface area contributed by atoms with E-state index in [1.54, 1.807) is 0 Å². The summed E-state index contributed by atoms with van der Waals surface area (Å²) in [5.74, 6) is 0.509. The van der Waals surface area contributed by atoms with Crippen LogP contribution in [0.3, 0.4) is 0 Å². The van der Waals surface area contributed by atoms with E-state index >= 15 is 0 Å². The van der Waals surface area contributed by atoms with E-state index in [2.05, 4.69) is 13.8 Å². The number of hydrogen-bond donors (Lipinski definition) is 1. The summed E-state index contributed by atoms with van der Waals surface area (Å²) in [5.41, 5.74) is 0. The van der Waals surface area contributed by atoms with E-state index in [9.17, 15) is 0 Å². The van der Waals surface area contributed by atoms with Crippen LogP contribution >= 0.6 is 0 Å². The van der Waals surface area contributed by atoms with Crippen LogP contribution in [0.2, 0.25) is 0 Å². The third kappa shape index (κ3) is 8.96. The molecule has 0 spiro atoms. The fraction of sp³-hybridized carbons (Fsp3) is 1.00. The van der Waals surface area contributed by atoms with Gasteiger partial charge in [-0.2, -0.15) is 0 Å². The molecule has 0 heterocycles. The van der Waals surface area contributed by atoms with Crippen LogP contribution in [-0.2, 0) is 0 Å². The van der Waals surface area contributed by atoms with Crippen LogP contribution in [0.4, 0.5) is 0 Å². The molecule has 1 nitrogen and oxygen atoms in total. The van der Waals surface area contributed by atoms with Crippen molar-refractivity contribution < 1.29 is 5.11 Å². The Bertz CT molecular complexity index is 48.2. The average Bonchev–Trinajstić information content (AvgIpc) is 1.83. The summed E-state index contributed by atoms with van der Waals surface area (Å²) in [5, 5.41) is 8.56. The molecule has 0 aliphatic heterocycles. The monoisotopic (exact) mass is 139 g/mol. The standard InChI is InChI=1S/C7H16O.Na/c1-3-4-5-7(2)6-8;/h7-8H,3-6H2,1-2H3;. The fourth-order valence-corrected chi connectivity index (χ4v) is 0.644. The maximum Gasteiger partial charge on any atom is 0.0456 e. The summed E-state index contributed by atoms with van der Waals surface area (Å²) in [6, 6.07) is 0. The minimum atomic E-state index is 0. The zero-order valence-electron chi connectivity index (χ0n) is 6.85. The third-order valence-corrected chi connectivity index (χ3v) is 1.36. The maximum absolute atomic E-state index is 8.56. The summed E-state index contributed by atoms with van der Waals surface area (Å²) in [7, 11) is 0. The topological polar surface area (TPSA) is 20.2 Å². The van der Waals surface area contributed by atoms with Gasteiger partial charge in [0.1, 0.15) is 0 Å². The first kappa shape index (κ1) is 12.6. The molecular formula is C7H16NaO. The van der Waals surface area contributed by atoms with Crippen LogP contribution in [0.5, 0.6) is 0 Å². The molecule has 1 N–H and O–H groups in total. The molecule has 9 heavy (non-hydrogen) atoms. The molecule has 1 radical (unpaired) electrons. The van der Waals surface area contributed by atoms with Gasteiger partial charge >= 0.3 is 0 Å². The van der Waals surface area contributed by atoms with E-state index in [0.717, 1.165) is 0 Å². The molecular weight excluding hydrogens is 123 g/mol. The molecule has 0 amide bonds. The van der Waals surface area contributed by atoms with Crippen molar-refractivity contribution in [3.63, 3.8) is 0 Å². The summed E-state index contributed by atoms with van der Waals surface area (Å²) in [6.45, 7) is 4.60. The van der Waals surface area contributed by atoms with Crippen molar-refractivity contribution in [3.05, 3.63) is 0 Å². The molecule has 1 atom stereocenters. The van der Waals surface area contributed by atoms with Gasteiger partial charge in [-0.15, -0.1) is 0 Å². The summed E-state index contributed by atoms with van der Waals surface area (Å²) < 4.78 is 0. The van der Waals surface area contributed by atoms with E-state index in [1.165, 1.54) is 19.3 Å². The zero-order valence-corrected chi connectivity index (χ0v) is 8.85. The molecule has 0 saturated heterocycles. The normalized spacial score (nSPS) is 12.3. The van der Waals surface area contributed by atoms with Gasteiger partial charge < -0.3 is 5.11 Å². The number of hydrogen-bond acceptors (Lipinski definition) is 1. The van der Waals surface area contributed by atoms with E-state index in [1.807, 2.05) is 0 Å². The molecule has 0 bridgehead atoms. The van der Waals surface area contributed by atoms with Crippen LogP contribution in [0, 0.1) is 5.92 Å². The second-order valence-electron chi connectivity index (χ2n) is 2.43. The Labute approximate surface area is 80.1 Å².